The Bertz CT molecular complexity index is 1570. The zero-order valence-corrected chi connectivity index (χ0v) is 23.5. The highest BCUT2D eigenvalue weighted by Crippen LogP contribution is 2.42. The number of oxazole rings is 1. The Hall–Kier alpha value is -4.39. The number of nitrogens with zero attached hydrogens (tertiary/aromatic N) is 2. The number of carbonyl (C=O) groups excluding carboxylic acids is 2. The summed E-state index contributed by atoms with van der Waals surface area (Å²) in [5.74, 6) is 1.49. The largest absolute Gasteiger partial charge is 0.465 e. The molecule has 1 atom stereocenters. The van der Waals surface area contributed by atoms with Crippen LogP contribution in [-0.4, -0.2) is 24.9 Å². The van der Waals surface area contributed by atoms with Gasteiger partial charge in [-0.3, -0.25) is 9.59 Å². The van der Waals surface area contributed by atoms with Gasteiger partial charge in [-0.15, -0.1) is 0 Å². The molecule has 1 aromatic heterocycles. The topological polar surface area (TPSA) is 72.9 Å². The van der Waals surface area contributed by atoms with Crippen LogP contribution < -0.4 is 14.2 Å². The number of aromatic nitrogens is 1. The van der Waals surface area contributed by atoms with Gasteiger partial charge in [0.25, 0.3) is 5.52 Å². The number of hydrogen-bond donors (Lipinski definition) is 0. The molecule has 0 saturated heterocycles. The van der Waals surface area contributed by atoms with Crippen LogP contribution >= 0.6 is 0 Å². The van der Waals surface area contributed by atoms with Crippen LogP contribution in [0.4, 0.5) is 5.69 Å². The van der Waals surface area contributed by atoms with Gasteiger partial charge in [-0.2, -0.15) is 4.57 Å². The SMILES string of the molecule is CCOC(=O)C1(C(C)=O)CC(=CC=C2Oc3ccccc3N2CC)C=C(C=Cc2oc3ccccc3[n+]2CC)C1. The quantitative estimate of drug-likeness (QED) is 0.190. The third-order valence-corrected chi connectivity index (χ3v) is 7.51. The number of fused-ring (bicyclic) bond motifs is 2. The van der Waals surface area contributed by atoms with Gasteiger partial charge in [-0.05, 0) is 82.0 Å². The molecule has 2 aliphatic rings. The van der Waals surface area contributed by atoms with Crippen molar-refractivity contribution < 1.29 is 28.0 Å². The molecule has 0 bridgehead atoms. The lowest BCUT2D eigenvalue weighted by molar-refractivity contribution is -0.674. The third kappa shape index (κ3) is 4.99. The number of aryl methyl sites for hydroxylation is 1. The predicted molar refractivity (Wildman–Crippen MR) is 154 cm³/mol. The van der Waals surface area contributed by atoms with Crippen molar-refractivity contribution in [2.24, 2.45) is 5.41 Å². The van der Waals surface area contributed by atoms with Crippen molar-refractivity contribution in [1.82, 2.24) is 0 Å². The van der Waals surface area contributed by atoms with E-state index in [9.17, 15) is 9.59 Å². The third-order valence-electron chi connectivity index (χ3n) is 7.51. The van der Waals surface area contributed by atoms with Crippen LogP contribution in [0.25, 0.3) is 17.2 Å². The molecule has 0 amide bonds. The maximum atomic E-state index is 13.3. The highest BCUT2D eigenvalue weighted by molar-refractivity contribution is 6.04. The van der Waals surface area contributed by atoms with Crippen molar-refractivity contribution in [2.75, 3.05) is 18.1 Å². The second-order valence-corrected chi connectivity index (χ2v) is 9.98. The first-order valence-electron chi connectivity index (χ1n) is 13.8. The Labute approximate surface area is 234 Å². The number of esters is 1. The summed E-state index contributed by atoms with van der Waals surface area (Å²) in [6, 6.07) is 15.8. The fourth-order valence-electron chi connectivity index (χ4n) is 5.48. The van der Waals surface area contributed by atoms with Gasteiger partial charge in [0.15, 0.2) is 5.75 Å². The molecule has 0 radical (unpaired) electrons. The van der Waals surface area contributed by atoms with Crippen molar-refractivity contribution in [3.63, 3.8) is 0 Å². The number of ketones is 1. The standard InChI is InChI=1S/C33H35N2O5/c1-5-34-26-12-8-10-14-28(26)39-30(34)18-16-24-20-25(22-33(21-24,23(4)36)32(37)38-7-3)17-19-31-35(6-2)27-13-9-11-15-29(27)40-31/h8-20H,5-7,21-22H2,1-4H3/q+1. The molecule has 5 rings (SSSR count). The van der Waals surface area contributed by atoms with E-state index in [0.717, 1.165) is 46.8 Å². The highest BCUT2D eigenvalue weighted by Gasteiger charge is 2.47. The molecule has 1 aliphatic heterocycles. The lowest BCUT2D eigenvalue weighted by atomic mass is 9.69. The van der Waals surface area contributed by atoms with Crippen molar-refractivity contribution in [2.45, 2.75) is 47.1 Å². The summed E-state index contributed by atoms with van der Waals surface area (Å²) in [6.07, 6.45) is 10.2. The fourth-order valence-corrected chi connectivity index (χ4v) is 5.48. The lowest BCUT2D eigenvalue weighted by Gasteiger charge is -2.33. The highest BCUT2D eigenvalue weighted by atomic mass is 16.5. The number of benzene rings is 2. The Balaban J connectivity index is 1.54. The van der Waals surface area contributed by atoms with Gasteiger partial charge in [-0.1, -0.05) is 36.4 Å². The molecule has 2 heterocycles. The van der Waals surface area contributed by atoms with E-state index in [4.69, 9.17) is 13.9 Å². The number of allylic oxidation sites excluding steroid dienone is 6. The van der Waals surface area contributed by atoms with E-state index >= 15 is 0 Å². The first-order valence-corrected chi connectivity index (χ1v) is 13.8. The van der Waals surface area contributed by atoms with Gasteiger partial charge in [0.05, 0.1) is 18.4 Å². The molecule has 40 heavy (non-hydrogen) atoms. The second-order valence-electron chi connectivity index (χ2n) is 9.98. The number of carbonyl (C=O) groups is 2. The van der Waals surface area contributed by atoms with Gasteiger partial charge in [-0.25, -0.2) is 0 Å². The smallest absolute Gasteiger partial charge is 0.374 e. The van der Waals surface area contributed by atoms with Crippen LogP contribution in [0.5, 0.6) is 5.75 Å². The molecule has 0 N–H and O–H groups in total. The molecule has 0 spiro atoms. The minimum atomic E-state index is -1.30. The van der Waals surface area contributed by atoms with Crippen LogP contribution in [0.2, 0.25) is 0 Å². The molecule has 7 nitrogen and oxygen atoms in total. The number of hydrogen-bond acceptors (Lipinski definition) is 6. The average Bonchev–Trinajstić information content (AvgIpc) is 3.51. The molecule has 7 heteroatoms. The van der Waals surface area contributed by atoms with Crippen LogP contribution in [0.3, 0.4) is 0 Å². The van der Waals surface area contributed by atoms with E-state index in [1.54, 1.807) is 6.92 Å². The Morgan fingerprint density at radius 2 is 1.80 bits per heavy atom. The number of anilines is 1. The van der Waals surface area contributed by atoms with Gasteiger partial charge in [0, 0.05) is 12.6 Å². The number of ether oxygens (including phenoxy) is 2. The van der Waals surface area contributed by atoms with Gasteiger partial charge >= 0.3 is 11.9 Å². The maximum Gasteiger partial charge on any atom is 0.374 e. The van der Waals surface area contributed by atoms with E-state index in [-0.39, 0.29) is 25.2 Å². The van der Waals surface area contributed by atoms with Crippen LogP contribution in [0, 0.1) is 5.41 Å². The van der Waals surface area contributed by atoms with Gasteiger partial charge in [0.2, 0.25) is 11.5 Å². The monoisotopic (exact) mass is 539 g/mol. The molecule has 1 unspecified atom stereocenters. The molecule has 206 valence electrons. The zero-order chi connectivity index (χ0) is 28.3. The molecule has 3 aromatic rings. The van der Waals surface area contributed by atoms with Crippen molar-refractivity contribution in [1.29, 1.82) is 0 Å². The summed E-state index contributed by atoms with van der Waals surface area (Å²) in [7, 11) is 0. The predicted octanol–water partition coefficient (Wildman–Crippen LogP) is 6.30. The number of para-hydroxylation sites is 4. The summed E-state index contributed by atoms with van der Waals surface area (Å²) < 4.78 is 19.7. The van der Waals surface area contributed by atoms with Crippen LogP contribution in [0.1, 0.15) is 46.4 Å². The number of Topliss-reactive ketones (excluding diaryl/α,β-unsaturated/α-hetero) is 1. The van der Waals surface area contributed by atoms with Crippen molar-refractivity contribution >= 4 is 34.6 Å². The molecule has 0 fully saturated rings. The minimum Gasteiger partial charge on any atom is -0.465 e. The molecular weight excluding hydrogens is 504 g/mol. The van der Waals surface area contributed by atoms with Gasteiger partial charge in [0.1, 0.15) is 17.7 Å². The molecule has 0 saturated carbocycles. The summed E-state index contributed by atoms with van der Waals surface area (Å²) in [4.78, 5) is 28.4. The Morgan fingerprint density at radius 3 is 2.55 bits per heavy atom. The average molecular weight is 540 g/mol. The second kappa shape index (κ2) is 11.4. The van der Waals surface area contributed by atoms with E-state index in [2.05, 4.69) is 23.3 Å². The van der Waals surface area contributed by atoms with E-state index in [0.29, 0.717) is 11.8 Å². The Morgan fingerprint density at radius 1 is 1.02 bits per heavy atom. The number of rotatable bonds is 8. The van der Waals surface area contributed by atoms with Crippen LogP contribution in [-0.2, 0) is 20.9 Å². The van der Waals surface area contributed by atoms with E-state index in [1.807, 2.05) is 78.9 Å². The minimum absolute atomic E-state index is 0.207. The summed E-state index contributed by atoms with van der Waals surface area (Å²) in [5.41, 5.74) is 3.20. The Kier molecular flexibility index (Phi) is 7.74. The molecule has 1 aliphatic carbocycles. The van der Waals surface area contributed by atoms with E-state index < -0.39 is 11.4 Å². The van der Waals surface area contributed by atoms with Crippen LogP contribution in [0.15, 0.2) is 94.3 Å². The normalized spacial score (nSPS) is 20.7. The lowest BCUT2D eigenvalue weighted by Crippen LogP contribution is -2.41. The first kappa shape index (κ1) is 27.2. The fraction of sp³-hybridized carbons (Fsp3) is 0.303. The molecular formula is C33H35N2O5+. The van der Waals surface area contributed by atoms with Gasteiger partial charge < -0.3 is 18.8 Å². The van der Waals surface area contributed by atoms with E-state index in [1.165, 1.54) is 6.92 Å². The summed E-state index contributed by atoms with van der Waals surface area (Å²) in [6.45, 7) is 9.05. The van der Waals surface area contributed by atoms with Crippen molar-refractivity contribution in [3.8, 4) is 5.75 Å². The summed E-state index contributed by atoms with van der Waals surface area (Å²) >= 11 is 0. The molecule has 2 aromatic carbocycles. The first-order chi connectivity index (χ1) is 19.4. The zero-order valence-electron chi connectivity index (χ0n) is 23.5. The maximum absolute atomic E-state index is 13.3. The summed E-state index contributed by atoms with van der Waals surface area (Å²) in [5, 5.41) is 0. The van der Waals surface area contributed by atoms with Crippen molar-refractivity contribution in [3.05, 3.63) is 95.8 Å².